The molecule has 0 atom stereocenters. The Morgan fingerprint density at radius 2 is 1.05 bits per heavy atom. The van der Waals surface area contributed by atoms with Crippen LogP contribution in [-0.4, -0.2) is 0 Å². The van der Waals surface area contributed by atoms with E-state index in [1.54, 1.807) is 0 Å². The van der Waals surface area contributed by atoms with E-state index in [0.29, 0.717) is 0 Å². The number of benzene rings is 3. The highest BCUT2D eigenvalue weighted by Gasteiger charge is 2.20. The number of aromatic nitrogens is 1. The minimum atomic E-state index is 0.813. The van der Waals surface area contributed by atoms with Crippen molar-refractivity contribution in [2.24, 2.45) is 0 Å². The van der Waals surface area contributed by atoms with E-state index in [0.717, 1.165) is 32.5 Å². The van der Waals surface area contributed by atoms with Gasteiger partial charge in [-0.2, -0.15) is 4.57 Å². The van der Waals surface area contributed by atoms with Gasteiger partial charge in [-0.15, -0.1) is 0 Å². The molecule has 3 aromatic carbocycles. The molecule has 0 amide bonds. The van der Waals surface area contributed by atoms with Crippen LogP contribution in [-0.2, 0) is 0 Å². The molecule has 0 saturated carbocycles. The summed E-state index contributed by atoms with van der Waals surface area (Å²) in [6, 6.07) is 26.9. The van der Waals surface area contributed by atoms with Crippen LogP contribution in [0.15, 0.2) is 78.9 Å². The minimum absolute atomic E-state index is 0.813. The highest BCUT2D eigenvalue weighted by atomic mass is 35.5. The van der Waals surface area contributed by atoms with Gasteiger partial charge in [0.1, 0.15) is 0 Å². The zero-order valence-electron chi connectivity index (χ0n) is 11.3. The van der Waals surface area contributed by atoms with Crippen molar-refractivity contribution in [2.75, 3.05) is 0 Å². The van der Waals surface area contributed by atoms with Crippen LogP contribution in [0, 0.1) is 0 Å². The average Bonchev–Trinajstić information content (AvgIpc) is 2.56. The fourth-order valence-corrected chi connectivity index (χ4v) is 3.16. The number of para-hydroxylation sites is 3. The first-order valence-electron chi connectivity index (χ1n) is 6.93. The number of pyridine rings is 1. The molecule has 2 heteroatoms. The van der Waals surface area contributed by atoms with Crippen molar-refractivity contribution in [1.29, 1.82) is 0 Å². The van der Waals surface area contributed by atoms with Crippen LogP contribution in [0.1, 0.15) is 0 Å². The van der Waals surface area contributed by atoms with Gasteiger partial charge in [0.2, 0.25) is 16.7 Å². The normalized spacial score (nSPS) is 11.1. The number of hydrogen-bond donors (Lipinski definition) is 0. The quantitative estimate of drug-likeness (QED) is 0.346. The van der Waals surface area contributed by atoms with Gasteiger partial charge in [0.25, 0.3) is 0 Å². The predicted octanol–water partition coefficient (Wildman–Crippen LogP) is 4.92. The Kier molecular flexibility index (Phi) is 2.87. The molecule has 4 aromatic rings. The molecule has 21 heavy (non-hydrogen) atoms. The van der Waals surface area contributed by atoms with Crippen molar-refractivity contribution >= 4 is 33.4 Å². The largest absolute Gasteiger partial charge is 0.220 e. The van der Waals surface area contributed by atoms with Gasteiger partial charge in [-0.3, -0.25) is 0 Å². The molecule has 1 nitrogen and oxygen atoms in total. The molecular weight excluding hydrogens is 278 g/mol. The van der Waals surface area contributed by atoms with Gasteiger partial charge in [0.15, 0.2) is 0 Å². The van der Waals surface area contributed by atoms with Gasteiger partial charge in [-0.1, -0.05) is 54.1 Å². The summed E-state index contributed by atoms with van der Waals surface area (Å²) in [6.45, 7) is 0. The van der Waals surface area contributed by atoms with Gasteiger partial charge < -0.3 is 0 Å². The lowest BCUT2D eigenvalue weighted by molar-refractivity contribution is -0.538. The van der Waals surface area contributed by atoms with Crippen LogP contribution in [0.4, 0.5) is 0 Å². The fraction of sp³-hybridized carbons (Fsp3) is 0. The number of fused-ring (bicyclic) bond motifs is 2. The van der Waals surface area contributed by atoms with E-state index in [9.17, 15) is 0 Å². The second-order valence-corrected chi connectivity index (χ2v) is 5.40. The van der Waals surface area contributed by atoms with Crippen molar-refractivity contribution in [1.82, 2.24) is 0 Å². The van der Waals surface area contributed by atoms with E-state index in [4.69, 9.17) is 11.6 Å². The summed E-state index contributed by atoms with van der Waals surface area (Å²) in [6.07, 6.45) is 0. The highest BCUT2D eigenvalue weighted by Crippen LogP contribution is 2.29. The third kappa shape index (κ3) is 1.90. The first-order chi connectivity index (χ1) is 10.4. The molecule has 0 unspecified atom stereocenters. The molecule has 0 aliphatic carbocycles. The Bertz CT molecular complexity index is 888. The van der Waals surface area contributed by atoms with E-state index in [1.807, 2.05) is 30.3 Å². The van der Waals surface area contributed by atoms with Crippen molar-refractivity contribution < 1.29 is 4.57 Å². The maximum Gasteiger partial charge on any atom is 0.220 e. The van der Waals surface area contributed by atoms with Gasteiger partial charge >= 0.3 is 0 Å². The van der Waals surface area contributed by atoms with Gasteiger partial charge in [0, 0.05) is 24.3 Å². The maximum atomic E-state index is 6.62. The fourth-order valence-electron chi connectivity index (χ4n) is 2.84. The van der Waals surface area contributed by atoms with Crippen LogP contribution in [0.2, 0.25) is 5.02 Å². The summed E-state index contributed by atoms with van der Waals surface area (Å²) in [5.74, 6) is 0. The summed E-state index contributed by atoms with van der Waals surface area (Å²) < 4.78 is 2.26. The van der Waals surface area contributed by atoms with Crippen LogP contribution in [0.5, 0.6) is 0 Å². The first kappa shape index (κ1) is 12.4. The number of halogens is 1. The van der Waals surface area contributed by atoms with E-state index >= 15 is 0 Å². The SMILES string of the molecule is Clc1c2ccccc2[n+](-c2ccccc2)c2ccccc12. The van der Waals surface area contributed by atoms with Gasteiger partial charge in [-0.25, -0.2) is 0 Å². The number of rotatable bonds is 1. The van der Waals surface area contributed by atoms with Crippen LogP contribution in [0.25, 0.3) is 27.5 Å². The lowest BCUT2D eigenvalue weighted by Crippen LogP contribution is -2.32. The molecule has 0 bridgehead atoms. The van der Waals surface area contributed by atoms with Crippen LogP contribution >= 0.6 is 11.6 Å². The molecule has 4 rings (SSSR count). The monoisotopic (exact) mass is 290 g/mol. The maximum absolute atomic E-state index is 6.62. The molecule has 0 aliphatic rings. The second-order valence-electron chi connectivity index (χ2n) is 5.02. The molecule has 1 aromatic heterocycles. The van der Waals surface area contributed by atoms with E-state index in [1.165, 1.54) is 0 Å². The molecule has 0 spiro atoms. The zero-order valence-corrected chi connectivity index (χ0v) is 12.1. The summed E-state index contributed by atoms with van der Waals surface area (Å²) >= 11 is 6.62. The third-order valence-electron chi connectivity index (χ3n) is 3.78. The summed E-state index contributed by atoms with van der Waals surface area (Å²) in [5, 5.41) is 2.96. The van der Waals surface area contributed by atoms with Crippen molar-refractivity contribution in [3.8, 4) is 5.69 Å². The Balaban J connectivity index is 2.28. The van der Waals surface area contributed by atoms with E-state index in [-0.39, 0.29) is 0 Å². The van der Waals surface area contributed by atoms with Crippen molar-refractivity contribution in [2.45, 2.75) is 0 Å². The first-order valence-corrected chi connectivity index (χ1v) is 7.30. The van der Waals surface area contributed by atoms with Crippen molar-refractivity contribution in [3.05, 3.63) is 83.9 Å². The van der Waals surface area contributed by atoms with Gasteiger partial charge in [0.05, 0.1) is 15.8 Å². The molecule has 100 valence electrons. The number of hydrogen-bond acceptors (Lipinski definition) is 0. The minimum Gasteiger partial charge on any atom is -0.153 e. The van der Waals surface area contributed by atoms with Crippen LogP contribution < -0.4 is 4.57 Å². The molecule has 1 heterocycles. The standard InChI is InChI=1S/C19H13ClN/c20-19-15-10-4-6-12-17(15)21(14-8-2-1-3-9-14)18-13-7-5-11-16(18)19/h1-13H/q+1. The molecule has 0 radical (unpaired) electrons. The molecular formula is C19H13ClN+. The lowest BCUT2D eigenvalue weighted by atomic mass is 10.1. The molecule has 0 N–H and O–H groups in total. The van der Waals surface area contributed by atoms with Gasteiger partial charge in [-0.05, 0) is 12.1 Å². The highest BCUT2D eigenvalue weighted by molar-refractivity contribution is 6.39. The Morgan fingerprint density at radius 3 is 1.62 bits per heavy atom. The molecule has 0 fully saturated rings. The van der Waals surface area contributed by atoms with Crippen LogP contribution in [0.3, 0.4) is 0 Å². The Labute approximate surface area is 128 Å². The lowest BCUT2D eigenvalue weighted by Gasteiger charge is -2.07. The smallest absolute Gasteiger partial charge is 0.153 e. The summed E-state index contributed by atoms with van der Waals surface area (Å²) in [4.78, 5) is 0. The Hall–Kier alpha value is -2.38. The van der Waals surface area contributed by atoms with Crippen molar-refractivity contribution in [3.63, 3.8) is 0 Å². The topological polar surface area (TPSA) is 3.88 Å². The average molecular weight is 291 g/mol. The Morgan fingerprint density at radius 1 is 0.571 bits per heavy atom. The molecule has 0 saturated heterocycles. The predicted molar refractivity (Wildman–Crippen MR) is 88.0 cm³/mol. The second kappa shape index (κ2) is 4.87. The molecule has 0 aliphatic heterocycles. The zero-order chi connectivity index (χ0) is 14.2. The van der Waals surface area contributed by atoms with E-state index in [2.05, 4.69) is 53.1 Å². The number of nitrogens with zero attached hydrogens (tertiary/aromatic N) is 1. The van der Waals surface area contributed by atoms with E-state index < -0.39 is 0 Å². The third-order valence-corrected chi connectivity index (χ3v) is 4.18. The summed E-state index contributed by atoms with van der Waals surface area (Å²) in [5.41, 5.74) is 3.38. The summed E-state index contributed by atoms with van der Waals surface area (Å²) in [7, 11) is 0.